The van der Waals surface area contributed by atoms with E-state index in [1.807, 2.05) is 30.3 Å². The van der Waals surface area contributed by atoms with Gasteiger partial charge in [-0.25, -0.2) is 4.39 Å². The fourth-order valence-electron chi connectivity index (χ4n) is 3.51. The molecule has 0 saturated carbocycles. The maximum atomic E-state index is 13.6. The molecule has 1 unspecified atom stereocenters. The number of likely N-dealkylation sites (tertiary alicyclic amines) is 1. The van der Waals surface area contributed by atoms with E-state index >= 15 is 0 Å². The maximum Gasteiger partial charge on any atom is 0.292 e. The number of nitrogens with zero attached hydrogens (tertiary/aromatic N) is 2. The first-order valence-corrected chi connectivity index (χ1v) is 8.83. The standard InChI is InChI=1S/C21H19FN2O3/c1-26-17-8-3-5-14(12-17)18-13-20(27-23-18)21(25)24-10-4-9-19(24)15-6-2-7-16(22)11-15/h2-3,5-8,11-13,19H,4,9-10H2,1H3. The number of halogens is 1. The quantitative estimate of drug-likeness (QED) is 0.684. The van der Waals surface area contributed by atoms with Crippen LogP contribution in [0.15, 0.2) is 59.1 Å². The first-order valence-electron chi connectivity index (χ1n) is 8.83. The molecule has 27 heavy (non-hydrogen) atoms. The van der Waals surface area contributed by atoms with Gasteiger partial charge in [0.15, 0.2) is 0 Å². The molecule has 0 bridgehead atoms. The van der Waals surface area contributed by atoms with E-state index in [0.29, 0.717) is 18.0 Å². The van der Waals surface area contributed by atoms with E-state index in [4.69, 9.17) is 9.26 Å². The lowest BCUT2D eigenvalue weighted by molar-refractivity contribution is 0.0693. The zero-order valence-corrected chi connectivity index (χ0v) is 14.9. The molecule has 1 amide bonds. The Hall–Kier alpha value is -3.15. The Labute approximate surface area is 156 Å². The van der Waals surface area contributed by atoms with Crippen molar-refractivity contribution in [2.75, 3.05) is 13.7 Å². The minimum absolute atomic E-state index is 0.154. The van der Waals surface area contributed by atoms with Gasteiger partial charge in [-0.1, -0.05) is 29.4 Å². The number of ether oxygens (including phenoxy) is 1. The molecule has 4 rings (SSSR count). The van der Waals surface area contributed by atoms with Crippen LogP contribution in [0.25, 0.3) is 11.3 Å². The van der Waals surface area contributed by atoms with Crippen molar-refractivity contribution >= 4 is 5.91 Å². The van der Waals surface area contributed by atoms with Gasteiger partial charge in [-0.05, 0) is 42.7 Å². The van der Waals surface area contributed by atoms with E-state index in [1.165, 1.54) is 12.1 Å². The molecule has 1 aliphatic rings. The monoisotopic (exact) mass is 366 g/mol. The highest BCUT2D eigenvalue weighted by Gasteiger charge is 2.32. The molecule has 2 aromatic carbocycles. The van der Waals surface area contributed by atoms with Crippen LogP contribution in [0.3, 0.4) is 0 Å². The molecule has 0 radical (unpaired) electrons. The summed E-state index contributed by atoms with van der Waals surface area (Å²) in [5.41, 5.74) is 2.17. The van der Waals surface area contributed by atoms with Crippen LogP contribution in [0.1, 0.15) is 35.0 Å². The van der Waals surface area contributed by atoms with Crippen LogP contribution in [0, 0.1) is 5.82 Å². The number of aromatic nitrogens is 1. The number of rotatable bonds is 4. The van der Waals surface area contributed by atoms with Crippen LogP contribution in [0.2, 0.25) is 0 Å². The van der Waals surface area contributed by atoms with Gasteiger partial charge in [-0.15, -0.1) is 0 Å². The lowest BCUT2D eigenvalue weighted by Gasteiger charge is -2.23. The van der Waals surface area contributed by atoms with Gasteiger partial charge in [-0.2, -0.15) is 0 Å². The number of hydrogen-bond donors (Lipinski definition) is 0. The van der Waals surface area contributed by atoms with Crippen molar-refractivity contribution in [3.05, 3.63) is 71.7 Å². The number of carbonyl (C=O) groups is 1. The van der Waals surface area contributed by atoms with Crippen LogP contribution in [-0.2, 0) is 0 Å². The van der Waals surface area contributed by atoms with Gasteiger partial charge >= 0.3 is 0 Å². The number of carbonyl (C=O) groups excluding carboxylic acids is 1. The minimum atomic E-state index is -0.299. The molecule has 0 spiro atoms. The molecule has 5 nitrogen and oxygen atoms in total. The Bertz CT molecular complexity index is 969. The average molecular weight is 366 g/mol. The van der Waals surface area contributed by atoms with Crippen molar-refractivity contribution in [2.45, 2.75) is 18.9 Å². The Morgan fingerprint density at radius 1 is 1.22 bits per heavy atom. The summed E-state index contributed by atoms with van der Waals surface area (Å²) in [5.74, 6) is 0.348. The Morgan fingerprint density at radius 3 is 2.89 bits per heavy atom. The average Bonchev–Trinajstić information content (AvgIpc) is 3.37. The summed E-state index contributed by atoms with van der Waals surface area (Å²) >= 11 is 0. The van der Waals surface area contributed by atoms with E-state index in [2.05, 4.69) is 5.16 Å². The number of methoxy groups -OCH3 is 1. The van der Waals surface area contributed by atoms with E-state index < -0.39 is 0 Å². The minimum Gasteiger partial charge on any atom is -0.497 e. The molecule has 1 aromatic heterocycles. The number of benzene rings is 2. The topological polar surface area (TPSA) is 55.6 Å². The van der Waals surface area contributed by atoms with Crippen molar-refractivity contribution in [2.24, 2.45) is 0 Å². The normalized spacial score (nSPS) is 16.5. The van der Waals surface area contributed by atoms with E-state index in [1.54, 1.807) is 24.1 Å². The molecule has 1 aliphatic heterocycles. The zero-order chi connectivity index (χ0) is 18.8. The molecule has 0 N–H and O–H groups in total. The molecule has 0 aliphatic carbocycles. The third-order valence-electron chi connectivity index (χ3n) is 4.83. The van der Waals surface area contributed by atoms with Gasteiger partial charge in [0.25, 0.3) is 5.91 Å². The van der Waals surface area contributed by atoms with Gasteiger partial charge in [0.05, 0.1) is 13.2 Å². The molecule has 6 heteroatoms. The molecule has 1 fully saturated rings. The molecular formula is C21H19FN2O3. The van der Waals surface area contributed by atoms with Crippen molar-refractivity contribution < 1.29 is 18.4 Å². The van der Waals surface area contributed by atoms with Gasteiger partial charge in [-0.3, -0.25) is 4.79 Å². The van der Waals surface area contributed by atoms with Crippen molar-refractivity contribution in [1.82, 2.24) is 10.1 Å². The van der Waals surface area contributed by atoms with Gasteiger partial charge in [0.1, 0.15) is 17.3 Å². The van der Waals surface area contributed by atoms with Crippen LogP contribution in [0.4, 0.5) is 4.39 Å². The highest BCUT2D eigenvalue weighted by molar-refractivity contribution is 5.93. The molecule has 138 valence electrons. The molecule has 2 heterocycles. The summed E-state index contributed by atoms with van der Waals surface area (Å²) in [7, 11) is 1.59. The lowest BCUT2D eigenvalue weighted by Crippen LogP contribution is -2.30. The van der Waals surface area contributed by atoms with Gasteiger partial charge in [0.2, 0.25) is 5.76 Å². The number of amides is 1. The highest BCUT2D eigenvalue weighted by atomic mass is 19.1. The Kier molecular flexibility index (Phi) is 4.62. The summed E-state index contributed by atoms with van der Waals surface area (Å²) in [4.78, 5) is 14.7. The Balaban J connectivity index is 1.58. The summed E-state index contributed by atoms with van der Waals surface area (Å²) in [6.45, 7) is 0.606. The highest BCUT2D eigenvalue weighted by Crippen LogP contribution is 2.34. The molecule has 1 atom stereocenters. The summed E-state index contributed by atoms with van der Waals surface area (Å²) < 4.78 is 24.1. The van der Waals surface area contributed by atoms with Crippen LogP contribution >= 0.6 is 0 Å². The van der Waals surface area contributed by atoms with Crippen molar-refractivity contribution in [1.29, 1.82) is 0 Å². The predicted octanol–water partition coefficient (Wildman–Crippen LogP) is 4.47. The molecule has 3 aromatic rings. The third-order valence-corrected chi connectivity index (χ3v) is 4.83. The second-order valence-corrected chi connectivity index (χ2v) is 6.52. The van der Waals surface area contributed by atoms with E-state index in [9.17, 15) is 9.18 Å². The molecular weight excluding hydrogens is 347 g/mol. The SMILES string of the molecule is COc1cccc(-c2cc(C(=O)N3CCCC3c3cccc(F)c3)on2)c1. The second-order valence-electron chi connectivity index (χ2n) is 6.52. The van der Waals surface area contributed by atoms with Crippen molar-refractivity contribution in [3.63, 3.8) is 0 Å². The summed E-state index contributed by atoms with van der Waals surface area (Å²) in [6.07, 6.45) is 1.66. The summed E-state index contributed by atoms with van der Waals surface area (Å²) in [5, 5.41) is 4.03. The lowest BCUT2D eigenvalue weighted by atomic mass is 10.0. The first kappa shape index (κ1) is 17.3. The maximum absolute atomic E-state index is 13.6. The van der Waals surface area contributed by atoms with Gasteiger partial charge < -0.3 is 14.2 Å². The number of hydrogen-bond acceptors (Lipinski definition) is 4. The largest absolute Gasteiger partial charge is 0.497 e. The smallest absolute Gasteiger partial charge is 0.292 e. The summed E-state index contributed by atoms with van der Waals surface area (Å²) in [6, 6.07) is 15.3. The fourth-order valence-corrected chi connectivity index (χ4v) is 3.51. The van der Waals surface area contributed by atoms with Crippen LogP contribution in [0.5, 0.6) is 5.75 Å². The second kappa shape index (κ2) is 7.23. The van der Waals surface area contributed by atoms with Crippen LogP contribution < -0.4 is 4.74 Å². The van der Waals surface area contributed by atoms with E-state index in [0.717, 1.165) is 24.0 Å². The van der Waals surface area contributed by atoms with Crippen molar-refractivity contribution in [3.8, 4) is 17.0 Å². The Morgan fingerprint density at radius 2 is 2.07 bits per heavy atom. The van der Waals surface area contributed by atoms with E-state index in [-0.39, 0.29) is 23.5 Å². The fraction of sp³-hybridized carbons (Fsp3) is 0.238. The molecule has 1 saturated heterocycles. The first-order chi connectivity index (χ1) is 13.2. The zero-order valence-electron chi connectivity index (χ0n) is 14.9. The predicted molar refractivity (Wildman–Crippen MR) is 97.9 cm³/mol. The third kappa shape index (κ3) is 3.43. The van der Waals surface area contributed by atoms with Gasteiger partial charge in [0, 0.05) is 18.2 Å². The van der Waals surface area contributed by atoms with Crippen LogP contribution in [-0.4, -0.2) is 29.6 Å².